The van der Waals surface area contributed by atoms with Crippen molar-refractivity contribution in [2.24, 2.45) is 11.8 Å². The summed E-state index contributed by atoms with van der Waals surface area (Å²) in [5, 5.41) is 11.9. The molecular formula is C29H32F2N2O4. The van der Waals surface area contributed by atoms with Gasteiger partial charge in [-0.15, -0.1) is 0 Å². The van der Waals surface area contributed by atoms with Crippen LogP contribution in [0.25, 0.3) is 17.0 Å². The van der Waals surface area contributed by atoms with E-state index in [1.807, 2.05) is 24.3 Å². The number of rotatable bonds is 9. The third kappa shape index (κ3) is 6.50. The lowest BCUT2D eigenvalue weighted by molar-refractivity contribution is -0.150. The molecule has 2 heterocycles. The van der Waals surface area contributed by atoms with E-state index in [0.717, 1.165) is 47.6 Å². The Hall–Kier alpha value is -3.36. The van der Waals surface area contributed by atoms with Crippen LogP contribution in [0.2, 0.25) is 0 Å². The van der Waals surface area contributed by atoms with Crippen LogP contribution in [0.3, 0.4) is 0 Å². The maximum Gasteiger partial charge on any atom is 0.310 e. The zero-order valence-electron chi connectivity index (χ0n) is 21.1. The highest BCUT2D eigenvalue weighted by atomic mass is 19.1. The van der Waals surface area contributed by atoms with Crippen LogP contribution in [0, 0.1) is 23.5 Å². The van der Waals surface area contributed by atoms with E-state index in [4.69, 9.17) is 9.47 Å². The molecule has 2 aromatic carbocycles. The van der Waals surface area contributed by atoms with Crippen LogP contribution in [0.1, 0.15) is 36.5 Å². The van der Waals surface area contributed by atoms with Gasteiger partial charge in [-0.2, -0.15) is 0 Å². The molecule has 1 fully saturated rings. The van der Waals surface area contributed by atoms with Gasteiger partial charge in [-0.05, 0) is 67.6 Å². The number of ether oxygens (including phenoxy) is 2. The summed E-state index contributed by atoms with van der Waals surface area (Å²) in [6.45, 7) is 1.75. The number of piperidine rings is 1. The Labute approximate surface area is 215 Å². The molecule has 0 amide bonds. The van der Waals surface area contributed by atoms with E-state index in [9.17, 15) is 18.7 Å². The fourth-order valence-corrected chi connectivity index (χ4v) is 5.05. The molecule has 6 nitrogen and oxygen atoms in total. The topological polar surface area (TPSA) is 71.9 Å². The van der Waals surface area contributed by atoms with Crippen molar-refractivity contribution >= 4 is 22.9 Å². The second-order valence-electron chi connectivity index (χ2n) is 9.39. The molecule has 0 saturated carbocycles. The van der Waals surface area contributed by atoms with Crippen molar-refractivity contribution in [1.82, 2.24) is 9.88 Å². The summed E-state index contributed by atoms with van der Waals surface area (Å²) in [5.74, 6) is -0.899. The zero-order chi connectivity index (χ0) is 26.4. The van der Waals surface area contributed by atoms with Crippen molar-refractivity contribution < 1.29 is 28.2 Å². The molecule has 1 aliphatic heterocycles. The Morgan fingerprint density at radius 2 is 2.08 bits per heavy atom. The highest BCUT2D eigenvalue weighted by Gasteiger charge is 2.35. The molecule has 3 atom stereocenters. The van der Waals surface area contributed by atoms with Gasteiger partial charge in [0.15, 0.2) is 0 Å². The van der Waals surface area contributed by atoms with Crippen molar-refractivity contribution in [3.63, 3.8) is 0 Å². The number of pyridine rings is 1. The molecule has 1 saturated heterocycles. The number of likely N-dealkylation sites (tertiary alicyclic amines) is 1. The number of fused-ring (bicyclic) bond motifs is 1. The molecule has 0 bridgehead atoms. The molecule has 1 aliphatic rings. The molecule has 3 aromatic rings. The van der Waals surface area contributed by atoms with Crippen LogP contribution >= 0.6 is 0 Å². The number of aromatic nitrogens is 1. The van der Waals surface area contributed by atoms with Crippen LogP contribution in [0.4, 0.5) is 8.78 Å². The van der Waals surface area contributed by atoms with E-state index >= 15 is 0 Å². The van der Waals surface area contributed by atoms with Crippen molar-refractivity contribution in [2.75, 3.05) is 33.9 Å². The van der Waals surface area contributed by atoms with Crippen molar-refractivity contribution in [1.29, 1.82) is 0 Å². The van der Waals surface area contributed by atoms with Gasteiger partial charge in [0.25, 0.3) is 0 Å². The minimum absolute atomic E-state index is 0.0608. The Balaban J connectivity index is 1.39. The quantitative estimate of drug-likeness (QED) is 0.401. The maximum atomic E-state index is 13.9. The van der Waals surface area contributed by atoms with Gasteiger partial charge in [0, 0.05) is 24.0 Å². The van der Waals surface area contributed by atoms with Crippen molar-refractivity contribution in [2.45, 2.75) is 25.4 Å². The first-order chi connectivity index (χ1) is 17.9. The van der Waals surface area contributed by atoms with Gasteiger partial charge in [-0.3, -0.25) is 14.7 Å². The van der Waals surface area contributed by atoms with Crippen LogP contribution in [0.15, 0.2) is 54.7 Å². The predicted octanol–water partition coefficient (Wildman–Crippen LogP) is 5.16. The van der Waals surface area contributed by atoms with Gasteiger partial charge >= 0.3 is 5.97 Å². The Kier molecular flexibility index (Phi) is 8.84. The minimum Gasteiger partial charge on any atom is -0.495 e. The lowest BCUT2D eigenvalue weighted by atomic mass is 9.81. The maximum absolute atomic E-state index is 13.9. The molecule has 4 rings (SSSR count). The average molecular weight is 511 g/mol. The third-order valence-corrected chi connectivity index (χ3v) is 7.10. The van der Waals surface area contributed by atoms with Crippen LogP contribution in [-0.4, -0.2) is 54.8 Å². The number of aliphatic hydroxyl groups excluding tert-OH is 1. The molecule has 8 heteroatoms. The summed E-state index contributed by atoms with van der Waals surface area (Å²) >= 11 is 0. The van der Waals surface area contributed by atoms with Crippen LogP contribution in [-0.2, 0) is 9.53 Å². The lowest BCUT2D eigenvalue weighted by Gasteiger charge is -2.37. The molecule has 0 radical (unpaired) electrons. The normalized spacial score (nSPS) is 19.3. The number of carbonyl (C=O) groups is 1. The summed E-state index contributed by atoms with van der Waals surface area (Å²) < 4.78 is 37.7. The molecule has 37 heavy (non-hydrogen) atoms. The van der Waals surface area contributed by atoms with Gasteiger partial charge in [0.05, 0.1) is 38.0 Å². The number of esters is 1. The fraction of sp³-hybridized carbons (Fsp3) is 0.379. The highest BCUT2D eigenvalue weighted by molar-refractivity contribution is 5.83. The van der Waals surface area contributed by atoms with Gasteiger partial charge < -0.3 is 14.6 Å². The molecule has 1 N–H and O–H groups in total. The summed E-state index contributed by atoms with van der Waals surface area (Å²) in [5.41, 5.74) is 1.75. The van der Waals surface area contributed by atoms with Gasteiger partial charge in [0.1, 0.15) is 17.4 Å². The largest absolute Gasteiger partial charge is 0.495 e. The van der Waals surface area contributed by atoms with E-state index in [1.54, 1.807) is 25.5 Å². The number of carbonyl (C=O) groups excluding carboxylic acids is 1. The molecule has 0 spiro atoms. The number of nitrogens with zero attached hydrogens (tertiary/aromatic N) is 2. The number of benzene rings is 2. The predicted molar refractivity (Wildman–Crippen MR) is 138 cm³/mol. The van der Waals surface area contributed by atoms with Crippen LogP contribution < -0.4 is 4.74 Å². The van der Waals surface area contributed by atoms with Gasteiger partial charge in [-0.1, -0.05) is 24.3 Å². The fourth-order valence-electron chi connectivity index (χ4n) is 5.05. The summed E-state index contributed by atoms with van der Waals surface area (Å²) in [4.78, 5) is 19.1. The van der Waals surface area contributed by atoms with Crippen molar-refractivity contribution in [3.8, 4) is 5.75 Å². The standard InChI is InChI=1S/C29H32F2N2O4/c1-36-22-16-24-23(6-3-7-27(24)32-17-22)28(34)11-8-19-12-14-33(18-25(19)29(35)37-2)13-4-5-20-15-21(30)9-10-26(20)31/h3-7,9-10,15-17,19,25,28,34H,8,11-14,18H2,1-2H3/t19-,25-,28-/m1/s1. The Morgan fingerprint density at radius 3 is 2.86 bits per heavy atom. The van der Waals surface area contributed by atoms with E-state index < -0.39 is 17.7 Å². The number of aliphatic hydroxyl groups is 1. The second-order valence-corrected chi connectivity index (χ2v) is 9.39. The second kappa shape index (κ2) is 12.3. The molecule has 1 aromatic heterocycles. The first-order valence-corrected chi connectivity index (χ1v) is 12.4. The summed E-state index contributed by atoms with van der Waals surface area (Å²) in [6, 6.07) is 10.9. The van der Waals surface area contributed by atoms with E-state index in [0.29, 0.717) is 31.7 Å². The molecule has 196 valence electrons. The first-order valence-electron chi connectivity index (χ1n) is 12.4. The Morgan fingerprint density at radius 1 is 1.24 bits per heavy atom. The zero-order valence-corrected chi connectivity index (χ0v) is 21.1. The highest BCUT2D eigenvalue weighted by Crippen LogP contribution is 2.34. The first kappa shape index (κ1) is 26.7. The SMILES string of the molecule is COC(=O)[C@@H]1CN(CC=Cc2cc(F)ccc2F)CC[C@H]1CC[C@@H](O)c1cccc2ncc(OC)cc12. The van der Waals surface area contributed by atoms with Gasteiger partial charge in [0.2, 0.25) is 0 Å². The minimum atomic E-state index is -0.710. The van der Waals surface area contributed by atoms with E-state index in [-0.39, 0.29) is 23.4 Å². The third-order valence-electron chi connectivity index (χ3n) is 7.10. The number of halogens is 2. The number of methoxy groups -OCH3 is 2. The summed E-state index contributed by atoms with van der Waals surface area (Å²) in [6.07, 6.45) is 6.19. The van der Waals surface area contributed by atoms with Gasteiger partial charge in [-0.25, -0.2) is 8.78 Å². The number of hydrogen-bond donors (Lipinski definition) is 1. The molecule has 0 aliphatic carbocycles. The van der Waals surface area contributed by atoms with Crippen molar-refractivity contribution in [3.05, 3.63) is 77.5 Å². The average Bonchev–Trinajstić information content (AvgIpc) is 2.92. The Bertz CT molecular complexity index is 1270. The molecular weight excluding hydrogens is 478 g/mol. The van der Waals surface area contributed by atoms with E-state index in [1.165, 1.54) is 7.11 Å². The van der Waals surface area contributed by atoms with Crippen LogP contribution in [0.5, 0.6) is 5.75 Å². The molecule has 0 unspecified atom stereocenters. The number of hydrogen-bond acceptors (Lipinski definition) is 6. The lowest BCUT2D eigenvalue weighted by Crippen LogP contribution is -2.44. The smallest absolute Gasteiger partial charge is 0.310 e. The van der Waals surface area contributed by atoms with E-state index in [2.05, 4.69) is 9.88 Å². The monoisotopic (exact) mass is 510 g/mol. The summed E-state index contributed by atoms with van der Waals surface area (Å²) in [7, 11) is 2.97.